The number of aromatic nitrogens is 2. The van der Waals surface area contributed by atoms with Crippen LogP contribution in [0.1, 0.15) is 28.4 Å². The maximum absolute atomic E-state index is 12.5. The number of amides is 1. The lowest BCUT2D eigenvalue weighted by atomic mass is 10.00. The summed E-state index contributed by atoms with van der Waals surface area (Å²) in [6.07, 6.45) is 4.26. The van der Waals surface area contributed by atoms with Gasteiger partial charge in [0.05, 0.1) is 12.2 Å². The van der Waals surface area contributed by atoms with Crippen LogP contribution in [0.15, 0.2) is 60.9 Å². The average Bonchev–Trinajstić information content (AvgIpc) is 3.16. The summed E-state index contributed by atoms with van der Waals surface area (Å²) in [5, 5.41) is 10.3. The molecule has 1 amide bonds. The number of benzene rings is 2. The zero-order chi connectivity index (χ0) is 17.6. The number of nitrogens with zero attached hydrogens (tertiary/aromatic N) is 1. The molecule has 25 heavy (non-hydrogen) atoms. The zero-order valence-electron chi connectivity index (χ0n) is 13.6. The summed E-state index contributed by atoms with van der Waals surface area (Å²) in [7, 11) is 0. The van der Waals surface area contributed by atoms with Gasteiger partial charge in [0.25, 0.3) is 5.91 Å². The zero-order valence-corrected chi connectivity index (χ0v) is 14.3. The van der Waals surface area contributed by atoms with E-state index in [0.717, 1.165) is 16.7 Å². The molecule has 0 spiro atoms. The van der Waals surface area contributed by atoms with Gasteiger partial charge in [-0.25, -0.2) is 0 Å². The van der Waals surface area contributed by atoms with E-state index in [1.807, 2.05) is 30.5 Å². The van der Waals surface area contributed by atoms with E-state index < -0.39 is 0 Å². The molecular formula is C19H19ClN4O. The molecule has 3 aromatic rings. The molecule has 1 heterocycles. The number of hydrogen-bond donors (Lipinski definition) is 3. The number of H-pyrrole nitrogens is 1. The molecule has 4 N–H and O–H groups in total. The predicted molar refractivity (Wildman–Crippen MR) is 99.4 cm³/mol. The molecule has 0 aliphatic carbocycles. The first-order valence-corrected chi connectivity index (χ1v) is 8.41. The normalized spacial score (nSPS) is 11.9. The first-order valence-electron chi connectivity index (χ1n) is 8.03. The van der Waals surface area contributed by atoms with E-state index in [1.54, 1.807) is 30.5 Å². The highest BCUT2D eigenvalue weighted by atomic mass is 35.5. The molecule has 0 saturated carbocycles. The Hall–Kier alpha value is -2.63. The summed E-state index contributed by atoms with van der Waals surface area (Å²) in [6, 6.07) is 14.8. The summed E-state index contributed by atoms with van der Waals surface area (Å²) < 4.78 is 0. The van der Waals surface area contributed by atoms with Crippen LogP contribution in [0, 0.1) is 0 Å². The van der Waals surface area contributed by atoms with Crippen molar-refractivity contribution in [3.63, 3.8) is 0 Å². The van der Waals surface area contributed by atoms with Crippen LogP contribution in [0.3, 0.4) is 0 Å². The SMILES string of the molecule is NCCC(NC(=O)c1cccc(Cl)c1)c1ccc(-c2cn[nH]c2)cc1. The quantitative estimate of drug-likeness (QED) is 0.633. The van der Waals surface area contributed by atoms with Gasteiger partial charge in [-0.15, -0.1) is 0 Å². The molecule has 0 fully saturated rings. The van der Waals surface area contributed by atoms with E-state index >= 15 is 0 Å². The minimum Gasteiger partial charge on any atom is -0.345 e. The van der Waals surface area contributed by atoms with Crippen molar-refractivity contribution >= 4 is 17.5 Å². The molecule has 0 aliphatic rings. The van der Waals surface area contributed by atoms with Crippen molar-refractivity contribution in [3.8, 4) is 11.1 Å². The van der Waals surface area contributed by atoms with Crippen molar-refractivity contribution in [2.24, 2.45) is 5.73 Å². The Balaban J connectivity index is 1.77. The number of nitrogens with one attached hydrogen (secondary N) is 2. The fraction of sp³-hybridized carbons (Fsp3) is 0.158. The van der Waals surface area contributed by atoms with E-state index in [2.05, 4.69) is 15.5 Å². The predicted octanol–water partition coefficient (Wildman–Crippen LogP) is 3.55. The van der Waals surface area contributed by atoms with Crippen molar-refractivity contribution in [1.82, 2.24) is 15.5 Å². The average molecular weight is 355 g/mol. The van der Waals surface area contributed by atoms with Gasteiger partial charge in [-0.3, -0.25) is 9.89 Å². The number of carbonyl (C=O) groups excluding carboxylic acids is 1. The van der Waals surface area contributed by atoms with Crippen LogP contribution in [0.5, 0.6) is 0 Å². The van der Waals surface area contributed by atoms with Gasteiger partial charge in [-0.05, 0) is 42.3 Å². The van der Waals surface area contributed by atoms with Crippen LogP contribution in [0.2, 0.25) is 5.02 Å². The van der Waals surface area contributed by atoms with Gasteiger partial charge in [0.2, 0.25) is 0 Å². The standard InChI is InChI=1S/C19H19ClN4O/c20-17-3-1-2-15(10-17)19(25)24-18(8-9-21)14-6-4-13(5-7-14)16-11-22-23-12-16/h1-7,10-12,18H,8-9,21H2,(H,22,23)(H,24,25). The van der Waals surface area contributed by atoms with E-state index in [-0.39, 0.29) is 11.9 Å². The lowest BCUT2D eigenvalue weighted by Crippen LogP contribution is -2.30. The lowest BCUT2D eigenvalue weighted by molar-refractivity contribution is 0.0935. The Morgan fingerprint density at radius 3 is 2.64 bits per heavy atom. The van der Waals surface area contributed by atoms with Crippen LogP contribution in [-0.2, 0) is 0 Å². The Morgan fingerprint density at radius 2 is 2.00 bits per heavy atom. The second-order valence-corrected chi connectivity index (χ2v) is 6.16. The molecule has 128 valence electrons. The number of nitrogens with two attached hydrogens (primary N) is 1. The van der Waals surface area contributed by atoms with E-state index in [9.17, 15) is 4.79 Å². The number of halogens is 1. The van der Waals surface area contributed by atoms with Crippen molar-refractivity contribution in [3.05, 3.63) is 77.1 Å². The number of rotatable bonds is 6. The van der Waals surface area contributed by atoms with Crippen molar-refractivity contribution < 1.29 is 4.79 Å². The van der Waals surface area contributed by atoms with Crippen LogP contribution in [0.4, 0.5) is 0 Å². The lowest BCUT2D eigenvalue weighted by Gasteiger charge is -2.19. The molecular weight excluding hydrogens is 336 g/mol. The number of aromatic amines is 1. The highest BCUT2D eigenvalue weighted by Crippen LogP contribution is 2.23. The molecule has 5 nitrogen and oxygen atoms in total. The summed E-state index contributed by atoms with van der Waals surface area (Å²) in [5.41, 5.74) is 9.35. The maximum atomic E-state index is 12.5. The second kappa shape index (κ2) is 7.96. The molecule has 3 rings (SSSR count). The van der Waals surface area contributed by atoms with Crippen LogP contribution in [-0.4, -0.2) is 22.6 Å². The number of carbonyl (C=O) groups is 1. The Kier molecular flexibility index (Phi) is 5.48. The third-order valence-corrected chi connectivity index (χ3v) is 4.23. The largest absolute Gasteiger partial charge is 0.345 e. The van der Waals surface area contributed by atoms with Gasteiger partial charge in [-0.1, -0.05) is 41.9 Å². The van der Waals surface area contributed by atoms with E-state index in [4.69, 9.17) is 17.3 Å². The minimum absolute atomic E-state index is 0.158. The van der Waals surface area contributed by atoms with Gasteiger partial charge >= 0.3 is 0 Å². The van der Waals surface area contributed by atoms with Crippen molar-refractivity contribution in [2.75, 3.05) is 6.54 Å². The summed E-state index contributed by atoms with van der Waals surface area (Å²) in [5.74, 6) is -0.167. The molecule has 1 aromatic heterocycles. The van der Waals surface area contributed by atoms with Gasteiger partial charge in [0.15, 0.2) is 0 Å². The summed E-state index contributed by atoms with van der Waals surface area (Å²) in [6.45, 7) is 0.476. The van der Waals surface area contributed by atoms with Crippen molar-refractivity contribution in [1.29, 1.82) is 0 Å². The van der Waals surface area contributed by atoms with Crippen LogP contribution in [0.25, 0.3) is 11.1 Å². The molecule has 0 bridgehead atoms. The fourth-order valence-electron chi connectivity index (χ4n) is 2.68. The molecule has 0 radical (unpaired) electrons. The van der Waals surface area contributed by atoms with Gasteiger partial charge < -0.3 is 11.1 Å². The third kappa shape index (κ3) is 4.26. The fourth-order valence-corrected chi connectivity index (χ4v) is 2.87. The Labute approximate surface area is 151 Å². The second-order valence-electron chi connectivity index (χ2n) is 5.72. The number of hydrogen-bond acceptors (Lipinski definition) is 3. The summed E-state index contributed by atoms with van der Waals surface area (Å²) in [4.78, 5) is 12.5. The van der Waals surface area contributed by atoms with E-state index in [1.165, 1.54) is 0 Å². The minimum atomic E-state index is -0.167. The maximum Gasteiger partial charge on any atom is 0.251 e. The van der Waals surface area contributed by atoms with Gasteiger partial charge in [-0.2, -0.15) is 5.10 Å². The monoisotopic (exact) mass is 354 g/mol. The topological polar surface area (TPSA) is 83.8 Å². The first-order chi connectivity index (χ1) is 12.2. The highest BCUT2D eigenvalue weighted by Gasteiger charge is 2.15. The summed E-state index contributed by atoms with van der Waals surface area (Å²) >= 11 is 5.96. The first kappa shape index (κ1) is 17.2. The molecule has 2 aromatic carbocycles. The third-order valence-electron chi connectivity index (χ3n) is 3.99. The Morgan fingerprint density at radius 1 is 1.20 bits per heavy atom. The molecule has 6 heteroatoms. The molecule has 0 saturated heterocycles. The Bertz CT molecular complexity index is 831. The smallest absolute Gasteiger partial charge is 0.251 e. The molecule has 1 unspecified atom stereocenters. The highest BCUT2D eigenvalue weighted by molar-refractivity contribution is 6.30. The van der Waals surface area contributed by atoms with Gasteiger partial charge in [0.1, 0.15) is 0 Å². The molecule has 1 atom stereocenters. The van der Waals surface area contributed by atoms with Crippen molar-refractivity contribution in [2.45, 2.75) is 12.5 Å². The van der Waals surface area contributed by atoms with Crippen LogP contribution < -0.4 is 11.1 Å². The van der Waals surface area contributed by atoms with E-state index in [0.29, 0.717) is 23.6 Å². The van der Waals surface area contributed by atoms with Crippen LogP contribution >= 0.6 is 11.6 Å². The molecule has 0 aliphatic heterocycles. The van der Waals surface area contributed by atoms with Gasteiger partial charge in [0, 0.05) is 22.3 Å².